The van der Waals surface area contributed by atoms with Crippen LogP contribution in [0, 0.1) is 0 Å². The van der Waals surface area contributed by atoms with E-state index in [0.717, 1.165) is 16.8 Å². The monoisotopic (exact) mass is 274 g/mol. The number of nitrogens with one attached hydrogen (secondary N) is 1. The zero-order chi connectivity index (χ0) is 14.5. The zero-order valence-electron chi connectivity index (χ0n) is 11.4. The number of carbonyl (C=O) groups is 1. The largest absolute Gasteiger partial charge is 0.322 e. The number of carbonyl (C=O) groups excluding carboxylic acids is 1. The first kappa shape index (κ1) is 13.1. The SMILES string of the molecule is O=C(Nc1ccccc1)c1cccc(-c2ccncc2)c1. The third-order valence-corrected chi connectivity index (χ3v) is 3.17. The molecule has 0 radical (unpaired) electrons. The zero-order valence-corrected chi connectivity index (χ0v) is 11.4. The Morgan fingerprint density at radius 2 is 1.57 bits per heavy atom. The molecule has 3 heteroatoms. The molecule has 0 aliphatic carbocycles. The lowest BCUT2D eigenvalue weighted by atomic mass is 10.0. The second-order valence-electron chi connectivity index (χ2n) is 4.64. The van der Waals surface area contributed by atoms with Crippen LogP contribution < -0.4 is 5.32 Å². The van der Waals surface area contributed by atoms with Gasteiger partial charge in [0.05, 0.1) is 0 Å². The average molecular weight is 274 g/mol. The number of aromatic nitrogens is 1. The molecule has 1 N–H and O–H groups in total. The predicted octanol–water partition coefficient (Wildman–Crippen LogP) is 4.00. The van der Waals surface area contributed by atoms with Gasteiger partial charge in [0, 0.05) is 23.6 Å². The number of anilines is 1. The Hall–Kier alpha value is -2.94. The van der Waals surface area contributed by atoms with E-state index >= 15 is 0 Å². The fourth-order valence-electron chi connectivity index (χ4n) is 2.11. The van der Waals surface area contributed by atoms with Gasteiger partial charge in [0.1, 0.15) is 0 Å². The Balaban J connectivity index is 1.85. The van der Waals surface area contributed by atoms with Gasteiger partial charge in [-0.25, -0.2) is 0 Å². The number of benzene rings is 2. The topological polar surface area (TPSA) is 42.0 Å². The van der Waals surface area contributed by atoms with Gasteiger partial charge in [0.25, 0.3) is 5.91 Å². The van der Waals surface area contributed by atoms with Crippen LogP contribution in [-0.2, 0) is 0 Å². The highest BCUT2D eigenvalue weighted by molar-refractivity contribution is 6.04. The molecule has 2 aromatic carbocycles. The lowest BCUT2D eigenvalue weighted by Gasteiger charge is -2.07. The summed E-state index contributed by atoms with van der Waals surface area (Å²) in [5.41, 5.74) is 3.46. The predicted molar refractivity (Wildman–Crippen MR) is 84.1 cm³/mol. The first-order valence-electron chi connectivity index (χ1n) is 6.70. The highest BCUT2D eigenvalue weighted by Gasteiger charge is 2.07. The molecule has 102 valence electrons. The molecule has 0 bridgehead atoms. The number of nitrogens with zero attached hydrogens (tertiary/aromatic N) is 1. The lowest BCUT2D eigenvalue weighted by Crippen LogP contribution is -2.11. The minimum absolute atomic E-state index is 0.114. The number of pyridine rings is 1. The fourth-order valence-corrected chi connectivity index (χ4v) is 2.11. The van der Waals surface area contributed by atoms with Crippen LogP contribution in [0.1, 0.15) is 10.4 Å². The Kier molecular flexibility index (Phi) is 3.74. The second kappa shape index (κ2) is 6.01. The van der Waals surface area contributed by atoms with Crippen LogP contribution in [0.4, 0.5) is 5.69 Å². The molecule has 21 heavy (non-hydrogen) atoms. The van der Waals surface area contributed by atoms with E-state index < -0.39 is 0 Å². The first-order valence-corrected chi connectivity index (χ1v) is 6.70. The maximum Gasteiger partial charge on any atom is 0.255 e. The molecule has 3 rings (SSSR count). The Labute approximate surface area is 123 Å². The summed E-state index contributed by atoms with van der Waals surface area (Å²) in [6.45, 7) is 0. The summed E-state index contributed by atoms with van der Waals surface area (Å²) in [7, 11) is 0. The van der Waals surface area contributed by atoms with E-state index in [9.17, 15) is 4.79 Å². The van der Waals surface area contributed by atoms with Gasteiger partial charge in [-0.3, -0.25) is 9.78 Å². The van der Waals surface area contributed by atoms with Crippen molar-refractivity contribution in [3.8, 4) is 11.1 Å². The number of amides is 1. The summed E-state index contributed by atoms with van der Waals surface area (Å²) in [6.07, 6.45) is 3.48. The van der Waals surface area contributed by atoms with Gasteiger partial charge < -0.3 is 5.32 Å². The van der Waals surface area contributed by atoms with Gasteiger partial charge in [-0.2, -0.15) is 0 Å². The molecule has 0 fully saturated rings. The molecule has 1 heterocycles. The lowest BCUT2D eigenvalue weighted by molar-refractivity contribution is 0.102. The highest BCUT2D eigenvalue weighted by atomic mass is 16.1. The van der Waals surface area contributed by atoms with E-state index in [1.807, 2.05) is 66.7 Å². The minimum Gasteiger partial charge on any atom is -0.322 e. The third-order valence-electron chi connectivity index (χ3n) is 3.17. The second-order valence-corrected chi connectivity index (χ2v) is 4.64. The molecule has 0 spiro atoms. The van der Waals surface area contributed by atoms with Crippen LogP contribution in [-0.4, -0.2) is 10.9 Å². The quantitative estimate of drug-likeness (QED) is 0.784. The van der Waals surface area contributed by atoms with Crippen LogP contribution in [0.5, 0.6) is 0 Å². The van der Waals surface area contributed by atoms with E-state index in [1.165, 1.54) is 0 Å². The molecular formula is C18H14N2O. The molecule has 0 unspecified atom stereocenters. The summed E-state index contributed by atoms with van der Waals surface area (Å²) in [5, 5.41) is 2.89. The van der Waals surface area contributed by atoms with E-state index in [4.69, 9.17) is 0 Å². The molecule has 0 aliphatic heterocycles. The van der Waals surface area contributed by atoms with Gasteiger partial charge in [-0.15, -0.1) is 0 Å². The van der Waals surface area contributed by atoms with Gasteiger partial charge in [-0.1, -0.05) is 30.3 Å². The van der Waals surface area contributed by atoms with E-state index in [2.05, 4.69) is 10.3 Å². The third kappa shape index (κ3) is 3.15. The van der Waals surface area contributed by atoms with E-state index in [1.54, 1.807) is 12.4 Å². The summed E-state index contributed by atoms with van der Waals surface area (Å²) in [5.74, 6) is -0.114. The van der Waals surface area contributed by atoms with Crippen molar-refractivity contribution in [3.05, 3.63) is 84.7 Å². The van der Waals surface area contributed by atoms with Crippen LogP contribution in [0.3, 0.4) is 0 Å². The summed E-state index contributed by atoms with van der Waals surface area (Å²) >= 11 is 0. The van der Waals surface area contributed by atoms with Gasteiger partial charge >= 0.3 is 0 Å². The Morgan fingerprint density at radius 3 is 2.33 bits per heavy atom. The van der Waals surface area contributed by atoms with E-state index in [-0.39, 0.29) is 5.91 Å². The summed E-state index contributed by atoms with van der Waals surface area (Å²) in [4.78, 5) is 16.3. The van der Waals surface area contributed by atoms with Gasteiger partial charge in [0.2, 0.25) is 0 Å². The van der Waals surface area contributed by atoms with Crippen LogP contribution in [0.15, 0.2) is 79.1 Å². The molecule has 0 saturated heterocycles. The number of para-hydroxylation sites is 1. The van der Waals surface area contributed by atoms with Crippen molar-refractivity contribution >= 4 is 11.6 Å². The molecule has 0 saturated carbocycles. The fraction of sp³-hybridized carbons (Fsp3) is 0. The molecule has 0 aliphatic rings. The Bertz CT molecular complexity index is 739. The van der Waals surface area contributed by atoms with Crippen molar-refractivity contribution < 1.29 is 4.79 Å². The number of hydrogen-bond donors (Lipinski definition) is 1. The van der Waals surface area contributed by atoms with Crippen molar-refractivity contribution in [2.24, 2.45) is 0 Å². The summed E-state index contributed by atoms with van der Waals surface area (Å²) in [6, 6.07) is 20.8. The molecular weight excluding hydrogens is 260 g/mol. The smallest absolute Gasteiger partial charge is 0.255 e. The highest BCUT2D eigenvalue weighted by Crippen LogP contribution is 2.20. The normalized spacial score (nSPS) is 10.1. The molecule has 3 aromatic rings. The van der Waals surface area contributed by atoms with Gasteiger partial charge in [-0.05, 0) is 47.5 Å². The molecule has 3 nitrogen and oxygen atoms in total. The summed E-state index contributed by atoms with van der Waals surface area (Å²) < 4.78 is 0. The van der Waals surface area contributed by atoms with Gasteiger partial charge in [0.15, 0.2) is 0 Å². The van der Waals surface area contributed by atoms with Crippen molar-refractivity contribution in [2.45, 2.75) is 0 Å². The average Bonchev–Trinajstić information content (AvgIpc) is 2.57. The number of hydrogen-bond acceptors (Lipinski definition) is 2. The standard InChI is InChI=1S/C18H14N2O/c21-18(20-17-7-2-1-3-8-17)16-6-4-5-15(13-16)14-9-11-19-12-10-14/h1-13H,(H,20,21). The Morgan fingerprint density at radius 1 is 0.810 bits per heavy atom. The maximum atomic E-state index is 12.3. The molecule has 1 aromatic heterocycles. The molecule has 0 atom stereocenters. The van der Waals surface area contributed by atoms with Crippen molar-refractivity contribution in [2.75, 3.05) is 5.32 Å². The maximum absolute atomic E-state index is 12.3. The minimum atomic E-state index is -0.114. The molecule has 1 amide bonds. The van der Waals surface area contributed by atoms with Crippen LogP contribution in [0.2, 0.25) is 0 Å². The van der Waals surface area contributed by atoms with Crippen molar-refractivity contribution in [1.29, 1.82) is 0 Å². The van der Waals surface area contributed by atoms with Crippen LogP contribution in [0.25, 0.3) is 11.1 Å². The number of rotatable bonds is 3. The first-order chi connectivity index (χ1) is 10.3. The van der Waals surface area contributed by atoms with Crippen LogP contribution >= 0.6 is 0 Å². The van der Waals surface area contributed by atoms with Crippen molar-refractivity contribution in [1.82, 2.24) is 4.98 Å². The van der Waals surface area contributed by atoms with E-state index in [0.29, 0.717) is 5.56 Å². The van der Waals surface area contributed by atoms with Crippen molar-refractivity contribution in [3.63, 3.8) is 0 Å².